The second-order valence-electron chi connectivity index (χ2n) is 8.98. The second kappa shape index (κ2) is 8.16. The number of rotatable bonds is 2. The molecule has 7 nitrogen and oxygen atoms in total. The molecule has 0 spiro atoms. The number of carbonyl (C=O) groups excluding carboxylic acids is 1. The summed E-state index contributed by atoms with van der Waals surface area (Å²) in [6.07, 6.45) is 4.26. The quantitative estimate of drug-likeness (QED) is 0.456. The van der Waals surface area contributed by atoms with Crippen molar-refractivity contribution in [2.75, 3.05) is 0 Å². The average molecular weight is 486 g/mol. The van der Waals surface area contributed by atoms with Crippen LogP contribution in [0.5, 0.6) is 0 Å². The molecule has 0 unspecified atom stereocenters. The first-order valence-corrected chi connectivity index (χ1v) is 11.1. The summed E-state index contributed by atoms with van der Waals surface area (Å²) in [6, 6.07) is 5.65. The highest BCUT2D eigenvalue weighted by Gasteiger charge is 2.30. The SMILES string of the molecule is Cc1cc2c(cc1C(=O)N1Cc3c(F)ccc(F)c3C1)[nH]c(=O)c1nnc(C3CCCC3)n12.Cl. The minimum atomic E-state index is -0.518. The van der Waals surface area contributed by atoms with E-state index >= 15 is 0 Å². The Hall–Kier alpha value is -3.33. The highest BCUT2D eigenvalue weighted by Crippen LogP contribution is 2.34. The lowest BCUT2D eigenvalue weighted by atomic mass is 10.0. The van der Waals surface area contributed by atoms with Gasteiger partial charge < -0.3 is 9.88 Å². The predicted molar refractivity (Wildman–Crippen MR) is 124 cm³/mol. The first-order valence-electron chi connectivity index (χ1n) is 11.1. The molecular formula is C24H22ClF2N5O2. The van der Waals surface area contributed by atoms with Crippen molar-refractivity contribution in [3.8, 4) is 0 Å². The number of nitrogens with one attached hydrogen (secondary N) is 1. The smallest absolute Gasteiger partial charge is 0.294 e. The molecule has 2 aromatic carbocycles. The Morgan fingerprint density at radius 1 is 1.06 bits per heavy atom. The summed E-state index contributed by atoms with van der Waals surface area (Å²) >= 11 is 0. The van der Waals surface area contributed by atoms with Gasteiger partial charge in [0.15, 0.2) is 0 Å². The number of hydrogen-bond donors (Lipinski definition) is 1. The third-order valence-corrected chi connectivity index (χ3v) is 6.98. The van der Waals surface area contributed by atoms with Crippen LogP contribution in [0.25, 0.3) is 16.7 Å². The third-order valence-electron chi connectivity index (χ3n) is 6.98. The van der Waals surface area contributed by atoms with Crippen molar-refractivity contribution in [3.05, 3.63) is 74.3 Å². The molecule has 2 aliphatic rings. The molecule has 0 atom stereocenters. The molecule has 2 aromatic heterocycles. The van der Waals surface area contributed by atoms with Crippen LogP contribution in [0.1, 0.15) is 64.5 Å². The summed E-state index contributed by atoms with van der Waals surface area (Å²) < 4.78 is 30.1. The molecule has 1 aliphatic carbocycles. The van der Waals surface area contributed by atoms with Gasteiger partial charge in [-0.2, -0.15) is 0 Å². The lowest BCUT2D eigenvalue weighted by molar-refractivity contribution is 0.0749. The van der Waals surface area contributed by atoms with E-state index in [1.807, 2.05) is 17.4 Å². The van der Waals surface area contributed by atoms with E-state index < -0.39 is 11.6 Å². The van der Waals surface area contributed by atoms with Gasteiger partial charge in [-0.1, -0.05) is 12.8 Å². The van der Waals surface area contributed by atoms with Crippen LogP contribution in [0.4, 0.5) is 8.78 Å². The van der Waals surface area contributed by atoms with Gasteiger partial charge in [0.2, 0.25) is 5.65 Å². The number of aromatic nitrogens is 4. The van der Waals surface area contributed by atoms with Crippen LogP contribution in [-0.4, -0.2) is 30.4 Å². The number of fused-ring (bicyclic) bond motifs is 4. The third kappa shape index (κ3) is 3.29. The van der Waals surface area contributed by atoms with Crippen LogP contribution in [-0.2, 0) is 13.1 Å². The molecule has 176 valence electrons. The van der Waals surface area contributed by atoms with Gasteiger partial charge in [-0.15, -0.1) is 22.6 Å². The van der Waals surface area contributed by atoms with Gasteiger partial charge in [-0.3, -0.25) is 14.0 Å². The van der Waals surface area contributed by atoms with E-state index in [-0.39, 0.29) is 59.7 Å². The minimum Gasteiger partial charge on any atom is -0.330 e. The first kappa shape index (κ1) is 22.5. The van der Waals surface area contributed by atoms with Gasteiger partial charge in [-0.05, 0) is 49.6 Å². The number of hydrogen-bond acceptors (Lipinski definition) is 4. The molecule has 0 saturated heterocycles. The molecule has 34 heavy (non-hydrogen) atoms. The van der Waals surface area contributed by atoms with Crippen LogP contribution in [0.15, 0.2) is 29.1 Å². The first-order chi connectivity index (χ1) is 15.9. The Morgan fingerprint density at radius 2 is 1.71 bits per heavy atom. The summed E-state index contributed by atoms with van der Waals surface area (Å²) in [6.45, 7) is 1.82. The Bertz CT molecular complexity index is 1490. The van der Waals surface area contributed by atoms with E-state index in [1.54, 1.807) is 6.07 Å². The lowest BCUT2D eigenvalue weighted by Gasteiger charge is -2.18. The summed E-state index contributed by atoms with van der Waals surface area (Å²) in [7, 11) is 0. The minimum absolute atomic E-state index is 0. The van der Waals surface area contributed by atoms with Gasteiger partial charge in [0.1, 0.15) is 17.5 Å². The monoisotopic (exact) mass is 485 g/mol. The second-order valence-corrected chi connectivity index (χ2v) is 8.98. The van der Waals surface area contributed by atoms with Crippen molar-refractivity contribution in [2.24, 2.45) is 0 Å². The number of aromatic amines is 1. The van der Waals surface area contributed by atoms with Crippen LogP contribution in [0.3, 0.4) is 0 Å². The van der Waals surface area contributed by atoms with E-state index in [1.165, 1.54) is 4.90 Å². The van der Waals surface area contributed by atoms with E-state index in [2.05, 4.69) is 15.2 Å². The fourth-order valence-electron chi connectivity index (χ4n) is 5.24. The average Bonchev–Trinajstić information content (AvgIpc) is 3.55. The number of carbonyl (C=O) groups is 1. The van der Waals surface area contributed by atoms with E-state index in [9.17, 15) is 18.4 Å². The van der Waals surface area contributed by atoms with E-state index in [0.717, 1.165) is 49.2 Å². The van der Waals surface area contributed by atoms with Crippen molar-refractivity contribution in [3.63, 3.8) is 0 Å². The maximum atomic E-state index is 14.2. The fraction of sp³-hybridized carbons (Fsp3) is 0.333. The molecule has 0 radical (unpaired) electrons. The summed E-state index contributed by atoms with van der Waals surface area (Å²) in [5.74, 6) is -0.353. The highest BCUT2D eigenvalue weighted by atomic mass is 35.5. The number of aryl methyl sites for hydroxylation is 1. The molecule has 6 rings (SSSR count). The topological polar surface area (TPSA) is 83.4 Å². The molecule has 3 heterocycles. The largest absolute Gasteiger partial charge is 0.330 e. The Balaban J connectivity index is 0.00000241. The highest BCUT2D eigenvalue weighted by molar-refractivity contribution is 5.99. The zero-order chi connectivity index (χ0) is 22.9. The van der Waals surface area contributed by atoms with Gasteiger partial charge in [0, 0.05) is 35.7 Å². The molecule has 1 fully saturated rings. The number of H-pyrrole nitrogens is 1. The van der Waals surface area contributed by atoms with Crippen molar-refractivity contribution in [1.82, 2.24) is 24.5 Å². The van der Waals surface area contributed by atoms with Crippen LogP contribution in [0.2, 0.25) is 0 Å². The number of benzene rings is 2. The van der Waals surface area contributed by atoms with Crippen molar-refractivity contribution < 1.29 is 13.6 Å². The molecule has 0 bridgehead atoms. The van der Waals surface area contributed by atoms with E-state index in [4.69, 9.17) is 0 Å². The maximum Gasteiger partial charge on any atom is 0.294 e. The Kier molecular flexibility index (Phi) is 5.39. The standard InChI is InChI=1S/C24H21F2N5O2.ClH/c1-12-8-20-19(27-23(32)22-29-28-21(31(20)22)13-4-2-3-5-13)9-14(12)24(33)30-10-15-16(11-30)18(26)7-6-17(15)25;/h6-9,13H,2-5,10-11H2,1H3,(H,27,32);1H. The van der Waals surface area contributed by atoms with Gasteiger partial charge in [0.25, 0.3) is 11.5 Å². The van der Waals surface area contributed by atoms with Crippen molar-refractivity contribution >= 4 is 35.0 Å². The van der Waals surface area contributed by atoms with Gasteiger partial charge >= 0.3 is 0 Å². The molecule has 1 saturated carbocycles. The molecular weight excluding hydrogens is 464 g/mol. The zero-order valence-electron chi connectivity index (χ0n) is 18.4. The van der Waals surface area contributed by atoms with Crippen molar-refractivity contribution in [2.45, 2.75) is 51.6 Å². The van der Waals surface area contributed by atoms with Crippen molar-refractivity contribution in [1.29, 1.82) is 0 Å². The summed E-state index contributed by atoms with van der Waals surface area (Å²) in [4.78, 5) is 30.3. The Labute approximate surface area is 199 Å². The Morgan fingerprint density at radius 3 is 2.35 bits per heavy atom. The summed E-state index contributed by atoms with van der Waals surface area (Å²) in [5.41, 5.74) is 2.58. The zero-order valence-corrected chi connectivity index (χ0v) is 19.2. The van der Waals surface area contributed by atoms with E-state index in [0.29, 0.717) is 16.6 Å². The van der Waals surface area contributed by atoms with Gasteiger partial charge in [-0.25, -0.2) is 8.78 Å². The number of nitrogens with zero attached hydrogens (tertiary/aromatic N) is 4. The molecule has 1 aliphatic heterocycles. The molecule has 1 amide bonds. The molecule has 4 aromatic rings. The molecule has 10 heteroatoms. The fourth-order valence-corrected chi connectivity index (χ4v) is 5.24. The maximum absolute atomic E-state index is 14.2. The normalized spacial score (nSPS) is 15.8. The molecule has 1 N–H and O–H groups in total. The lowest BCUT2D eigenvalue weighted by Crippen LogP contribution is -2.26. The number of halogens is 3. The van der Waals surface area contributed by atoms with Crippen LogP contribution in [0, 0.1) is 18.6 Å². The van der Waals surface area contributed by atoms with Crippen LogP contribution >= 0.6 is 12.4 Å². The van der Waals surface area contributed by atoms with Gasteiger partial charge in [0.05, 0.1) is 11.0 Å². The number of amides is 1. The summed E-state index contributed by atoms with van der Waals surface area (Å²) in [5, 5.41) is 8.45. The predicted octanol–water partition coefficient (Wildman–Crippen LogP) is 4.39. The van der Waals surface area contributed by atoms with Crippen LogP contribution < -0.4 is 5.56 Å².